The van der Waals surface area contributed by atoms with Crippen LogP contribution in [0, 0.1) is 20.8 Å². The lowest BCUT2D eigenvalue weighted by Gasteiger charge is -2.09. The van der Waals surface area contributed by atoms with Gasteiger partial charge in [0.25, 0.3) is 17.7 Å². The fourth-order valence-corrected chi connectivity index (χ4v) is 2.38. The van der Waals surface area contributed by atoms with Gasteiger partial charge in [0.05, 0.1) is 0 Å². The molecule has 0 atom stereocenters. The number of rotatable bonds is 5. The molecule has 0 saturated heterocycles. The van der Waals surface area contributed by atoms with Crippen LogP contribution in [0.15, 0.2) is 47.0 Å². The molecule has 25 heavy (non-hydrogen) atoms. The number of aromatic nitrogens is 2. The number of amides is 1. The summed E-state index contributed by atoms with van der Waals surface area (Å²) in [5, 5.41) is 6.36. The second kappa shape index (κ2) is 7.17. The molecule has 6 nitrogen and oxygen atoms in total. The highest BCUT2D eigenvalue weighted by atomic mass is 16.5. The van der Waals surface area contributed by atoms with Crippen molar-refractivity contribution in [1.82, 2.24) is 10.1 Å². The van der Waals surface area contributed by atoms with E-state index in [1.54, 1.807) is 0 Å². The molecule has 0 radical (unpaired) electrons. The lowest BCUT2D eigenvalue weighted by molar-refractivity contribution is -0.118. The summed E-state index contributed by atoms with van der Waals surface area (Å²) < 4.78 is 10.8. The van der Waals surface area contributed by atoms with Gasteiger partial charge < -0.3 is 9.26 Å². The predicted octanol–water partition coefficient (Wildman–Crippen LogP) is 3.68. The highest BCUT2D eigenvalue weighted by Crippen LogP contribution is 2.22. The molecule has 2 aromatic carbocycles. The van der Waals surface area contributed by atoms with Crippen LogP contribution in [0.5, 0.6) is 5.75 Å². The lowest BCUT2D eigenvalue weighted by atomic mass is 10.1. The zero-order valence-electron chi connectivity index (χ0n) is 14.4. The molecule has 0 spiro atoms. The van der Waals surface area contributed by atoms with Gasteiger partial charge in [0.2, 0.25) is 0 Å². The Labute approximate surface area is 145 Å². The van der Waals surface area contributed by atoms with Crippen LogP contribution < -0.4 is 10.1 Å². The van der Waals surface area contributed by atoms with Crippen LogP contribution in [0.2, 0.25) is 0 Å². The highest BCUT2D eigenvalue weighted by Gasteiger charge is 2.13. The zero-order valence-corrected chi connectivity index (χ0v) is 14.4. The van der Waals surface area contributed by atoms with Crippen LogP contribution >= 0.6 is 0 Å². The number of carbonyl (C=O) groups is 1. The van der Waals surface area contributed by atoms with Crippen molar-refractivity contribution in [2.24, 2.45) is 0 Å². The average Bonchev–Trinajstić information content (AvgIpc) is 3.05. The molecule has 1 amide bonds. The summed E-state index contributed by atoms with van der Waals surface area (Å²) in [5.41, 5.74) is 3.97. The van der Waals surface area contributed by atoms with E-state index in [1.165, 1.54) is 0 Å². The molecule has 0 unspecified atom stereocenters. The largest absolute Gasteiger partial charge is 0.483 e. The van der Waals surface area contributed by atoms with Crippen molar-refractivity contribution in [3.63, 3.8) is 0 Å². The van der Waals surface area contributed by atoms with E-state index in [0.29, 0.717) is 11.6 Å². The monoisotopic (exact) mass is 337 g/mol. The predicted molar refractivity (Wildman–Crippen MR) is 94.5 cm³/mol. The van der Waals surface area contributed by atoms with Crippen LogP contribution in [0.4, 0.5) is 5.95 Å². The number of hydrogen-bond acceptors (Lipinski definition) is 5. The second-order valence-corrected chi connectivity index (χ2v) is 5.77. The maximum atomic E-state index is 12.0. The molecule has 3 rings (SSSR count). The van der Waals surface area contributed by atoms with E-state index < -0.39 is 0 Å². The Bertz CT molecular complexity index is 902. The normalized spacial score (nSPS) is 10.5. The van der Waals surface area contributed by atoms with Gasteiger partial charge >= 0.3 is 0 Å². The lowest BCUT2D eigenvalue weighted by Crippen LogP contribution is -2.21. The molecule has 0 aliphatic heterocycles. The third kappa shape index (κ3) is 3.85. The molecule has 6 heteroatoms. The van der Waals surface area contributed by atoms with Crippen LogP contribution in [-0.2, 0) is 4.79 Å². The van der Waals surface area contributed by atoms with Gasteiger partial charge in [0, 0.05) is 5.56 Å². The van der Waals surface area contributed by atoms with E-state index in [9.17, 15) is 4.79 Å². The average molecular weight is 337 g/mol. The Morgan fingerprint density at radius 3 is 2.64 bits per heavy atom. The van der Waals surface area contributed by atoms with Crippen molar-refractivity contribution in [2.45, 2.75) is 20.8 Å². The third-order valence-electron chi connectivity index (χ3n) is 3.97. The zero-order chi connectivity index (χ0) is 17.8. The molecule has 1 aromatic heterocycles. The van der Waals surface area contributed by atoms with E-state index >= 15 is 0 Å². The molecule has 1 N–H and O–H groups in total. The smallest absolute Gasteiger partial charge is 0.270 e. The first-order valence-electron chi connectivity index (χ1n) is 7.93. The van der Waals surface area contributed by atoms with E-state index in [0.717, 1.165) is 22.3 Å². The molecule has 0 bridgehead atoms. The number of anilines is 1. The van der Waals surface area contributed by atoms with Crippen LogP contribution in [0.1, 0.15) is 16.7 Å². The number of ether oxygens (including phenoxy) is 1. The first-order chi connectivity index (χ1) is 12.0. The standard InChI is InChI=1S/C19H19N3O3/c1-12-8-6-10-16(14(12)3)24-11-17(23)20-19-21-18(25-22-19)15-9-5-4-7-13(15)2/h4-10H,11H2,1-3H3,(H,20,22,23). The maximum absolute atomic E-state index is 12.0. The van der Waals surface area contributed by atoms with Gasteiger partial charge in [-0.1, -0.05) is 30.3 Å². The molecule has 0 aliphatic rings. The summed E-state index contributed by atoms with van der Waals surface area (Å²) in [6, 6.07) is 13.4. The van der Waals surface area contributed by atoms with Crippen molar-refractivity contribution in [2.75, 3.05) is 11.9 Å². The quantitative estimate of drug-likeness (QED) is 0.768. The number of nitrogens with zero attached hydrogens (tertiary/aromatic N) is 2. The molecule has 0 fully saturated rings. The van der Waals surface area contributed by atoms with E-state index in [2.05, 4.69) is 15.5 Å². The minimum Gasteiger partial charge on any atom is -0.483 e. The maximum Gasteiger partial charge on any atom is 0.270 e. The molecule has 3 aromatic rings. The van der Waals surface area contributed by atoms with Crippen LogP contribution in [0.25, 0.3) is 11.5 Å². The van der Waals surface area contributed by atoms with E-state index in [1.807, 2.05) is 63.2 Å². The summed E-state index contributed by atoms with van der Waals surface area (Å²) in [4.78, 5) is 16.2. The number of benzene rings is 2. The van der Waals surface area contributed by atoms with Gasteiger partial charge in [-0.15, -0.1) is 0 Å². The van der Waals surface area contributed by atoms with Crippen molar-refractivity contribution in [3.05, 3.63) is 59.2 Å². The summed E-state index contributed by atoms with van der Waals surface area (Å²) >= 11 is 0. The van der Waals surface area contributed by atoms with E-state index in [4.69, 9.17) is 9.26 Å². The Hall–Kier alpha value is -3.15. The SMILES string of the molecule is Cc1ccccc1-c1nc(NC(=O)COc2cccc(C)c2C)no1. The molecule has 0 aliphatic carbocycles. The highest BCUT2D eigenvalue weighted by molar-refractivity contribution is 5.90. The van der Waals surface area contributed by atoms with Gasteiger partial charge in [-0.05, 0) is 54.8 Å². The minimum atomic E-state index is -0.349. The van der Waals surface area contributed by atoms with Crippen molar-refractivity contribution in [3.8, 4) is 17.2 Å². The van der Waals surface area contributed by atoms with Gasteiger partial charge in [0.1, 0.15) is 5.75 Å². The second-order valence-electron chi connectivity index (χ2n) is 5.77. The summed E-state index contributed by atoms with van der Waals surface area (Å²) in [6.45, 7) is 5.78. The number of hydrogen-bond donors (Lipinski definition) is 1. The summed E-state index contributed by atoms with van der Waals surface area (Å²) in [5.74, 6) is 0.818. The Morgan fingerprint density at radius 2 is 1.84 bits per heavy atom. The third-order valence-corrected chi connectivity index (χ3v) is 3.97. The minimum absolute atomic E-state index is 0.118. The summed E-state index contributed by atoms with van der Waals surface area (Å²) in [7, 11) is 0. The first-order valence-corrected chi connectivity index (χ1v) is 7.93. The number of carbonyl (C=O) groups excluding carboxylic acids is 1. The van der Waals surface area contributed by atoms with Gasteiger partial charge in [-0.3, -0.25) is 10.1 Å². The van der Waals surface area contributed by atoms with Crippen LogP contribution in [0.3, 0.4) is 0 Å². The van der Waals surface area contributed by atoms with Crippen molar-refractivity contribution < 1.29 is 14.1 Å². The fourth-order valence-electron chi connectivity index (χ4n) is 2.38. The molecular weight excluding hydrogens is 318 g/mol. The van der Waals surface area contributed by atoms with E-state index in [-0.39, 0.29) is 18.5 Å². The fraction of sp³-hybridized carbons (Fsp3) is 0.211. The number of nitrogens with one attached hydrogen (secondary N) is 1. The molecule has 128 valence electrons. The Kier molecular flexibility index (Phi) is 4.79. The number of aryl methyl sites for hydroxylation is 2. The van der Waals surface area contributed by atoms with Gasteiger partial charge in [-0.25, -0.2) is 0 Å². The van der Waals surface area contributed by atoms with Gasteiger partial charge in [0.15, 0.2) is 6.61 Å². The topological polar surface area (TPSA) is 77.2 Å². The first kappa shape index (κ1) is 16.7. The molecule has 0 saturated carbocycles. The molecular formula is C19H19N3O3. The summed E-state index contributed by atoms with van der Waals surface area (Å²) in [6.07, 6.45) is 0. The van der Waals surface area contributed by atoms with Crippen LogP contribution in [-0.4, -0.2) is 22.7 Å². The Morgan fingerprint density at radius 1 is 1.08 bits per heavy atom. The van der Waals surface area contributed by atoms with Crippen molar-refractivity contribution in [1.29, 1.82) is 0 Å². The van der Waals surface area contributed by atoms with Gasteiger partial charge in [-0.2, -0.15) is 4.98 Å². The Balaban J connectivity index is 1.62. The van der Waals surface area contributed by atoms with Crippen molar-refractivity contribution >= 4 is 11.9 Å². The molecule has 1 heterocycles.